The molecule has 0 heterocycles. The molecular weight excluding hydrogens is 324 g/mol. The van der Waals surface area contributed by atoms with E-state index in [9.17, 15) is 0 Å². The summed E-state index contributed by atoms with van der Waals surface area (Å²) in [7, 11) is 0. The maximum Gasteiger partial charge on any atom is 5.00 e. The van der Waals surface area contributed by atoms with Crippen molar-refractivity contribution in [1.82, 2.24) is 0 Å². The first-order chi connectivity index (χ1) is 0. The normalized spacial score (nSPS) is 0. The van der Waals surface area contributed by atoms with Crippen molar-refractivity contribution in [3.8, 4) is 0 Å². The minimum atomic E-state index is 0. The Hall–Kier alpha value is 1.31. The van der Waals surface area contributed by atoms with Crippen LogP contribution in [0.2, 0.25) is 0 Å². The first-order valence-corrected chi connectivity index (χ1v) is 0. The molecule has 0 saturated carbocycles. The molecule has 0 aliphatic heterocycles. The van der Waals surface area contributed by atoms with Crippen molar-refractivity contribution < 1.29 is 40.5 Å². The summed E-state index contributed by atoms with van der Waals surface area (Å²) in [6.07, 6.45) is 0. The van der Waals surface area contributed by atoms with Crippen LogP contribution in [0.25, 0.3) is 0 Å². The molecule has 0 amide bonds. The zero-order chi connectivity index (χ0) is 0. The van der Waals surface area contributed by atoms with Gasteiger partial charge in [0, 0.05) is 0 Å². The molecule has 0 spiro atoms. The maximum absolute atomic E-state index is 0. The standard InChI is InChI=1S/Bi.4O.V/q+3;4*-2;+5. The fourth-order valence-corrected chi connectivity index (χ4v) is 0. The van der Waals surface area contributed by atoms with Crippen LogP contribution in [0.5, 0.6) is 0 Å². The van der Waals surface area contributed by atoms with Crippen molar-refractivity contribution in [3.05, 3.63) is 0 Å². The van der Waals surface area contributed by atoms with Crippen molar-refractivity contribution in [2.24, 2.45) is 0 Å². The van der Waals surface area contributed by atoms with Crippen LogP contribution in [-0.2, 0) is 40.5 Å². The summed E-state index contributed by atoms with van der Waals surface area (Å²) in [6, 6.07) is 0. The van der Waals surface area contributed by atoms with Gasteiger partial charge in [0.05, 0.1) is 0 Å². The summed E-state index contributed by atoms with van der Waals surface area (Å²) in [5, 5.41) is 0. The molecule has 0 fully saturated rings. The smallest absolute Gasteiger partial charge is 2.00 e. The molecule has 0 rings (SSSR count). The van der Waals surface area contributed by atoms with Gasteiger partial charge in [-0.05, 0) is 0 Å². The van der Waals surface area contributed by atoms with Gasteiger partial charge in [-0.1, -0.05) is 0 Å². The van der Waals surface area contributed by atoms with E-state index in [4.69, 9.17) is 0 Å². The molecule has 0 unspecified atom stereocenters. The zero-order valence-corrected chi connectivity index (χ0v) is 7.40. The fourth-order valence-electron chi connectivity index (χ4n) is 0. The molecular formula is BiO4V. The Bertz CT molecular complexity index is 7.51. The maximum atomic E-state index is 0. The first kappa shape index (κ1) is 170. The molecule has 0 aromatic carbocycles. The van der Waals surface area contributed by atoms with Crippen molar-refractivity contribution in [2.45, 2.75) is 0 Å². The van der Waals surface area contributed by atoms with Crippen LogP contribution in [-0.4, -0.2) is 26.2 Å². The van der Waals surface area contributed by atoms with Crippen LogP contribution < -0.4 is 0 Å². The van der Waals surface area contributed by atoms with Crippen molar-refractivity contribution in [3.63, 3.8) is 0 Å². The van der Waals surface area contributed by atoms with E-state index in [0.717, 1.165) is 0 Å². The number of hydrogen-bond acceptors (Lipinski definition) is 0. The van der Waals surface area contributed by atoms with Crippen molar-refractivity contribution >= 4 is 26.2 Å². The molecule has 0 bridgehead atoms. The second kappa shape index (κ2) is 104. The topological polar surface area (TPSA) is 114 Å². The van der Waals surface area contributed by atoms with Crippen LogP contribution in [0.15, 0.2) is 0 Å². The molecule has 0 N–H and O–H groups in total. The second-order valence-corrected chi connectivity index (χ2v) is 0. The van der Waals surface area contributed by atoms with Gasteiger partial charge in [-0.25, -0.2) is 0 Å². The van der Waals surface area contributed by atoms with Crippen LogP contribution in [0.1, 0.15) is 0 Å². The molecule has 4 nitrogen and oxygen atoms in total. The van der Waals surface area contributed by atoms with Gasteiger partial charge in [-0.2, -0.15) is 0 Å². The van der Waals surface area contributed by atoms with Gasteiger partial charge in [0.15, 0.2) is 0 Å². The minimum Gasteiger partial charge on any atom is -2.00 e. The summed E-state index contributed by atoms with van der Waals surface area (Å²) in [4.78, 5) is 0. The summed E-state index contributed by atoms with van der Waals surface area (Å²) in [5.41, 5.74) is 0. The van der Waals surface area contributed by atoms with E-state index in [1.165, 1.54) is 0 Å². The van der Waals surface area contributed by atoms with Crippen LogP contribution in [0.3, 0.4) is 0 Å². The van der Waals surface area contributed by atoms with Gasteiger partial charge < -0.3 is 21.9 Å². The third-order valence-electron chi connectivity index (χ3n) is 0. The van der Waals surface area contributed by atoms with Gasteiger partial charge >= 0.3 is 44.8 Å². The summed E-state index contributed by atoms with van der Waals surface area (Å²) >= 11 is 0. The molecule has 34 valence electrons. The average Bonchev–Trinajstić information content (AvgIpc) is 0. The van der Waals surface area contributed by atoms with Crippen LogP contribution in [0, 0.1) is 0 Å². The Labute approximate surface area is 66.5 Å². The molecule has 0 aromatic rings. The van der Waals surface area contributed by atoms with Gasteiger partial charge in [-0.3, -0.25) is 0 Å². The monoisotopic (exact) mass is 324 g/mol. The van der Waals surface area contributed by atoms with Gasteiger partial charge in [0.1, 0.15) is 0 Å². The Kier molecular flexibility index (Phi) is 2950. The van der Waals surface area contributed by atoms with E-state index in [2.05, 4.69) is 0 Å². The molecule has 2 radical (unpaired) electrons. The zero-order valence-electron chi connectivity index (χ0n) is 2.53. The molecule has 6 heteroatoms. The largest absolute Gasteiger partial charge is 5.00 e. The van der Waals surface area contributed by atoms with E-state index < -0.39 is 0 Å². The molecule has 0 aliphatic carbocycles. The van der Waals surface area contributed by atoms with Gasteiger partial charge in [0.25, 0.3) is 0 Å². The Morgan fingerprint density at radius 3 is 0.500 bits per heavy atom. The fraction of sp³-hybridized carbons (Fsp3) is 0. The SMILES string of the molecule is [Bi+3].[O-2].[O-2].[O-2].[O-2].[V+5]. The average molecular weight is 324 g/mol. The van der Waals surface area contributed by atoms with Crippen molar-refractivity contribution in [2.75, 3.05) is 0 Å². The van der Waals surface area contributed by atoms with E-state index in [0.29, 0.717) is 0 Å². The molecule has 0 aliphatic rings. The minimum absolute atomic E-state index is 0. The van der Waals surface area contributed by atoms with E-state index in [1.54, 1.807) is 0 Å². The van der Waals surface area contributed by atoms with Gasteiger partial charge in [-0.15, -0.1) is 0 Å². The van der Waals surface area contributed by atoms with Crippen LogP contribution in [0.4, 0.5) is 0 Å². The molecule has 6 heavy (non-hydrogen) atoms. The number of rotatable bonds is 0. The molecule has 0 aromatic heterocycles. The Balaban J connectivity index is 0. The summed E-state index contributed by atoms with van der Waals surface area (Å²) < 4.78 is 0. The molecule has 0 atom stereocenters. The van der Waals surface area contributed by atoms with E-state index in [-0.39, 0.29) is 66.7 Å². The van der Waals surface area contributed by atoms with Crippen molar-refractivity contribution in [1.29, 1.82) is 0 Å². The number of hydrogen-bond donors (Lipinski definition) is 0. The van der Waals surface area contributed by atoms with Crippen LogP contribution >= 0.6 is 0 Å². The predicted molar refractivity (Wildman–Crippen MR) is 8.50 cm³/mol. The Morgan fingerprint density at radius 1 is 0.500 bits per heavy atom. The molecule has 0 saturated heterocycles. The Morgan fingerprint density at radius 2 is 0.500 bits per heavy atom. The third kappa shape index (κ3) is 57.6. The predicted octanol–water partition coefficient (Wildman–Crippen LogP) is -0.859. The van der Waals surface area contributed by atoms with Gasteiger partial charge in [0.2, 0.25) is 0 Å². The van der Waals surface area contributed by atoms with E-state index in [1.807, 2.05) is 0 Å². The second-order valence-electron chi connectivity index (χ2n) is 0. The first-order valence-electron chi connectivity index (χ1n) is 0. The van der Waals surface area contributed by atoms with E-state index >= 15 is 0 Å². The summed E-state index contributed by atoms with van der Waals surface area (Å²) in [5.74, 6) is 0. The summed E-state index contributed by atoms with van der Waals surface area (Å²) in [6.45, 7) is 0. The quantitative estimate of drug-likeness (QED) is 0.516. The third-order valence-corrected chi connectivity index (χ3v) is 0.